The van der Waals surface area contributed by atoms with Crippen molar-refractivity contribution in [2.45, 2.75) is 26.2 Å². The molecule has 0 radical (unpaired) electrons. The minimum absolute atomic E-state index is 0.387. The summed E-state index contributed by atoms with van der Waals surface area (Å²) in [6.45, 7) is 4.44. The molecule has 1 aliphatic heterocycles. The van der Waals surface area contributed by atoms with Crippen LogP contribution in [0.4, 0.5) is 16.2 Å². The minimum Gasteiger partial charge on any atom is -0.450 e. The molecule has 1 aromatic rings. The fourth-order valence-corrected chi connectivity index (χ4v) is 2.19. The number of carbonyl (C=O) groups excluding carboxylic acids is 1. The van der Waals surface area contributed by atoms with Crippen LogP contribution in [0, 0.1) is 0 Å². The van der Waals surface area contributed by atoms with Crippen LogP contribution >= 0.6 is 0 Å². The molecule has 18 heavy (non-hydrogen) atoms. The standard InChI is InChI=1S/C14H20N2O2/c1-2-18-14(17)15-12-6-8-13(9-7-12)16-10-4-3-5-11-16/h6-9H,2-5,10-11H2,1H3,(H,15,17). The van der Waals surface area contributed by atoms with Crippen LogP contribution in [0.25, 0.3) is 0 Å². The number of ether oxygens (including phenoxy) is 1. The maximum absolute atomic E-state index is 11.3. The fourth-order valence-electron chi connectivity index (χ4n) is 2.19. The van der Waals surface area contributed by atoms with Gasteiger partial charge >= 0.3 is 6.09 Å². The first-order valence-corrected chi connectivity index (χ1v) is 6.58. The predicted molar refractivity (Wildman–Crippen MR) is 73.2 cm³/mol. The zero-order valence-electron chi connectivity index (χ0n) is 10.8. The van der Waals surface area contributed by atoms with E-state index in [2.05, 4.69) is 10.2 Å². The monoisotopic (exact) mass is 248 g/mol. The average Bonchev–Trinajstić information content (AvgIpc) is 2.41. The molecular weight excluding hydrogens is 228 g/mol. The molecule has 1 aromatic carbocycles. The van der Waals surface area contributed by atoms with E-state index in [9.17, 15) is 4.79 Å². The second kappa shape index (κ2) is 6.28. The number of benzene rings is 1. The molecule has 4 heteroatoms. The lowest BCUT2D eigenvalue weighted by atomic mass is 10.1. The Hall–Kier alpha value is -1.71. The van der Waals surface area contributed by atoms with Gasteiger partial charge in [-0.25, -0.2) is 4.79 Å². The summed E-state index contributed by atoms with van der Waals surface area (Å²) in [6.07, 6.45) is 3.47. The first kappa shape index (κ1) is 12.7. The van der Waals surface area contributed by atoms with Crippen LogP contribution < -0.4 is 10.2 Å². The van der Waals surface area contributed by atoms with Crippen LogP contribution in [-0.4, -0.2) is 25.8 Å². The molecule has 1 amide bonds. The quantitative estimate of drug-likeness (QED) is 0.892. The van der Waals surface area contributed by atoms with Crippen molar-refractivity contribution in [3.05, 3.63) is 24.3 Å². The summed E-state index contributed by atoms with van der Waals surface area (Å²) < 4.78 is 4.83. The Balaban J connectivity index is 1.94. The van der Waals surface area contributed by atoms with Gasteiger partial charge in [-0.2, -0.15) is 0 Å². The highest BCUT2D eigenvalue weighted by molar-refractivity contribution is 5.84. The third kappa shape index (κ3) is 3.39. The number of amides is 1. The number of hydrogen-bond donors (Lipinski definition) is 1. The highest BCUT2D eigenvalue weighted by Gasteiger charge is 2.10. The van der Waals surface area contributed by atoms with E-state index in [0.717, 1.165) is 18.8 Å². The third-order valence-corrected chi connectivity index (χ3v) is 3.11. The lowest BCUT2D eigenvalue weighted by Crippen LogP contribution is -2.29. The van der Waals surface area contributed by atoms with Crippen LogP contribution in [0.15, 0.2) is 24.3 Å². The Morgan fingerprint density at radius 1 is 1.22 bits per heavy atom. The van der Waals surface area contributed by atoms with Crippen LogP contribution in [-0.2, 0) is 4.74 Å². The lowest BCUT2D eigenvalue weighted by Gasteiger charge is -2.28. The fraction of sp³-hybridized carbons (Fsp3) is 0.500. The zero-order chi connectivity index (χ0) is 12.8. The maximum Gasteiger partial charge on any atom is 0.411 e. The van der Waals surface area contributed by atoms with Crippen molar-refractivity contribution < 1.29 is 9.53 Å². The highest BCUT2D eigenvalue weighted by atomic mass is 16.5. The molecule has 1 fully saturated rings. The van der Waals surface area contributed by atoms with Crippen molar-refractivity contribution in [1.29, 1.82) is 0 Å². The molecule has 98 valence electrons. The predicted octanol–water partition coefficient (Wildman–Crippen LogP) is 3.25. The molecule has 1 aliphatic rings. The highest BCUT2D eigenvalue weighted by Crippen LogP contribution is 2.21. The van der Waals surface area contributed by atoms with Crippen LogP contribution in [0.3, 0.4) is 0 Å². The van der Waals surface area contributed by atoms with Gasteiger partial charge in [-0.3, -0.25) is 5.32 Å². The van der Waals surface area contributed by atoms with Gasteiger partial charge in [0.2, 0.25) is 0 Å². The molecule has 0 spiro atoms. The van der Waals surface area contributed by atoms with E-state index in [1.807, 2.05) is 24.3 Å². The zero-order valence-corrected chi connectivity index (χ0v) is 10.8. The van der Waals surface area contributed by atoms with Gasteiger partial charge < -0.3 is 9.64 Å². The maximum atomic E-state index is 11.3. The molecular formula is C14H20N2O2. The van der Waals surface area contributed by atoms with Gasteiger partial charge in [0, 0.05) is 24.5 Å². The topological polar surface area (TPSA) is 41.6 Å². The van der Waals surface area contributed by atoms with Crippen molar-refractivity contribution >= 4 is 17.5 Å². The summed E-state index contributed by atoms with van der Waals surface area (Å²) in [7, 11) is 0. The van der Waals surface area contributed by atoms with E-state index >= 15 is 0 Å². The van der Waals surface area contributed by atoms with E-state index in [-0.39, 0.29) is 0 Å². The van der Waals surface area contributed by atoms with Gasteiger partial charge in [-0.1, -0.05) is 0 Å². The minimum atomic E-state index is -0.400. The van der Waals surface area contributed by atoms with Crippen LogP contribution in [0.2, 0.25) is 0 Å². The Morgan fingerprint density at radius 3 is 2.50 bits per heavy atom. The van der Waals surface area contributed by atoms with Gasteiger partial charge in [0.05, 0.1) is 6.61 Å². The van der Waals surface area contributed by atoms with E-state index in [4.69, 9.17) is 4.74 Å². The molecule has 0 atom stereocenters. The third-order valence-electron chi connectivity index (χ3n) is 3.11. The summed E-state index contributed by atoms with van der Waals surface area (Å²) in [4.78, 5) is 13.6. The molecule has 1 heterocycles. The number of piperidine rings is 1. The molecule has 4 nitrogen and oxygen atoms in total. The van der Waals surface area contributed by atoms with E-state index in [0.29, 0.717) is 6.61 Å². The first-order valence-electron chi connectivity index (χ1n) is 6.58. The normalized spacial score (nSPS) is 15.3. The van der Waals surface area contributed by atoms with Gasteiger partial charge in [0.15, 0.2) is 0 Å². The molecule has 2 rings (SSSR count). The number of hydrogen-bond acceptors (Lipinski definition) is 3. The van der Waals surface area contributed by atoms with Gasteiger partial charge in [0.1, 0.15) is 0 Å². The van der Waals surface area contributed by atoms with E-state index < -0.39 is 6.09 Å². The molecule has 1 saturated heterocycles. The summed E-state index contributed by atoms with van der Waals surface area (Å²) >= 11 is 0. The van der Waals surface area contributed by atoms with Crippen molar-refractivity contribution in [1.82, 2.24) is 0 Å². The smallest absolute Gasteiger partial charge is 0.411 e. The molecule has 1 N–H and O–H groups in total. The number of rotatable bonds is 3. The Labute approximate surface area is 108 Å². The Bertz CT molecular complexity index is 383. The van der Waals surface area contributed by atoms with Gasteiger partial charge in [-0.05, 0) is 50.5 Å². The van der Waals surface area contributed by atoms with E-state index in [1.165, 1.54) is 24.9 Å². The SMILES string of the molecule is CCOC(=O)Nc1ccc(N2CCCCC2)cc1. The summed E-state index contributed by atoms with van der Waals surface area (Å²) in [6, 6.07) is 7.93. The second-order valence-corrected chi connectivity index (χ2v) is 4.44. The Kier molecular flexibility index (Phi) is 4.45. The molecule has 0 bridgehead atoms. The largest absolute Gasteiger partial charge is 0.450 e. The van der Waals surface area contributed by atoms with Crippen molar-refractivity contribution in [2.24, 2.45) is 0 Å². The first-order chi connectivity index (χ1) is 8.79. The van der Waals surface area contributed by atoms with E-state index in [1.54, 1.807) is 6.92 Å². The van der Waals surface area contributed by atoms with Gasteiger partial charge in [-0.15, -0.1) is 0 Å². The van der Waals surface area contributed by atoms with Crippen LogP contribution in [0.1, 0.15) is 26.2 Å². The molecule has 0 aliphatic carbocycles. The number of nitrogens with one attached hydrogen (secondary N) is 1. The van der Waals surface area contributed by atoms with Crippen molar-refractivity contribution in [3.8, 4) is 0 Å². The molecule has 0 aromatic heterocycles. The number of nitrogens with zero attached hydrogens (tertiary/aromatic N) is 1. The Morgan fingerprint density at radius 2 is 1.89 bits per heavy atom. The summed E-state index contributed by atoms with van der Waals surface area (Å²) in [5.74, 6) is 0. The van der Waals surface area contributed by atoms with Crippen molar-refractivity contribution in [2.75, 3.05) is 29.9 Å². The summed E-state index contributed by atoms with van der Waals surface area (Å²) in [5, 5.41) is 2.69. The number of carbonyl (C=O) groups is 1. The summed E-state index contributed by atoms with van der Waals surface area (Å²) in [5.41, 5.74) is 2.00. The lowest BCUT2D eigenvalue weighted by molar-refractivity contribution is 0.168. The molecule has 0 saturated carbocycles. The number of anilines is 2. The van der Waals surface area contributed by atoms with Crippen LogP contribution in [0.5, 0.6) is 0 Å². The average molecular weight is 248 g/mol. The second-order valence-electron chi connectivity index (χ2n) is 4.44. The molecule has 0 unspecified atom stereocenters. The van der Waals surface area contributed by atoms with Gasteiger partial charge in [0.25, 0.3) is 0 Å². The van der Waals surface area contributed by atoms with Crippen molar-refractivity contribution in [3.63, 3.8) is 0 Å².